The highest BCUT2D eigenvalue weighted by atomic mass is 16.4. The van der Waals surface area contributed by atoms with Crippen molar-refractivity contribution in [3.63, 3.8) is 0 Å². The quantitative estimate of drug-likeness (QED) is 0.449. The Morgan fingerprint density at radius 3 is 2.37 bits per heavy atom. The van der Waals surface area contributed by atoms with Gasteiger partial charge in [0, 0.05) is 6.42 Å². The van der Waals surface area contributed by atoms with E-state index in [0.29, 0.717) is 6.42 Å². The third-order valence-corrected chi connectivity index (χ3v) is 3.08. The van der Waals surface area contributed by atoms with Crippen molar-refractivity contribution in [1.82, 2.24) is 5.32 Å². The van der Waals surface area contributed by atoms with E-state index in [2.05, 4.69) is 11.9 Å². The number of nitrogens with two attached hydrogens (primary N) is 1. The first-order chi connectivity index (χ1) is 8.81. The number of carbonyl (C=O) groups is 3. The lowest BCUT2D eigenvalue weighted by Crippen LogP contribution is -2.42. The van der Waals surface area contributed by atoms with Gasteiger partial charge in [-0.05, 0) is 25.2 Å². The summed E-state index contributed by atoms with van der Waals surface area (Å²) in [5.74, 6) is -2.63. The molecule has 0 unspecified atom stereocenters. The lowest BCUT2D eigenvalue weighted by molar-refractivity contribution is -0.142. The molecule has 0 aromatic heterocycles. The summed E-state index contributed by atoms with van der Waals surface area (Å²) in [5, 5.41) is 19.9. The van der Waals surface area contributed by atoms with Gasteiger partial charge in [-0.15, -0.1) is 0 Å². The number of aliphatic carboxylic acids is 2. The SMILES string of the molecule is C=C1C[C@H]1C[C@H](NC(=O)CC[C@H](N)C(=O)O)C(=O)O. The van der Waals surface area contributed by atoms with Gasteiger partial charge in [0.2, 0.25) is 5.91 Å². The van der Waals surface area contributed by atoms with E-state index in [1.165, 1.54) is 0 Å². The molecule has 0 aliphatic heterocycles. The summed E-state index contributed by atoms with van der Waals surface area (Å²) in [6, 6.07) is -2.07. The van der Waals surface area contributed by atoms with E-state index < -0.39 is 29.9 Å². The van der Waals surface area contributed by atoms with Crippen molar-refractivity contribution in [3.05, 3.63) is 12.2 Å². The molecular weight excluding hydrogens is 252 g/mol. The molecule has 1 rings (SSSR count). The van der Waals surface area contributed by atoms with E-state index >= 15 is 0 Å². The lowest BCUT2D eigenvalue weighted by atomic mass is 10.1. The van der Waals surface area contributed by atoms with Crippen molar-refractivity contribution < 1.29 is 24.6 Å². The molecule has 1 aliphatic carbocycles. The van der Waals surface area contributed by atoms with Crippen molar-refractivity contribution >= 4 is 17.8 Å². The van der Waals surface area contributed by atoms with Gasteiger partial charge in [0.25, 0.3) is 0 Å². The summed E-state index contributed by atoms with van der Waals surface area (Å²) in [4.78, 5) is 33.0. The standard InChI is InChI=1S/C12H18N2O5/c1-6-4-7(6)5-9(12(18)19)14-10(15)3-2-8(13)11(16)17/h7-9H,1-5,13H2,(H,14,15)(H,16,17)(H,18,19)/t7-,8-,9-/m0/s1. The largest absolute Gasteiger partial charge is 0.480 e. The van der Waals surface area contributed by atoms with Crippen LogP contribution in [-0.4, -0.2) is 40.1 Å². The summed E-state index contributed by atoms with van der Waals surface area (Å²) >= 11 is 0. The van der Waals surface area contributed by atoms with Crippen LogP contribution in [-0.2, 0) is 14.4 Å². The van der Waals surface area contributed by atoms with Gasteiger partial charge in [0.15, 0.2) is 0 Å². The molecule has 7 nitrogen and oxygen atoms in total. The number of rotatable bonds is 8. The number of amides is 1. The topological polar surface area (TPSA) is 130 Å². The Bertz CT molecular complexity index is 407. The van der Waals surface area contributed by atoms with Crippen LogP contribution < -0.4 is 11.1 Å². The monoisotopic (exact) mass is 270 g/mol. The fourth-order valence-electron chi connectivity index (χ4n) is 1.69. The number of carboxylic acids is 2. The minimum absolute atomic E-state index is 0.0242. The van der Waals surface area contributed by atoms with E-state index in [0.717, 1.165) is 12.0 Å². The van der Waals surface area contributed by atoms with E-state index in [9.17, 15) is 14.4 Å². The van der Waals surface area contributed by atoms with Crippen LogP contribution in [0.25, 0.3) is 0 Å². The average Bonchev–Trinajstić information content (AvgIpc) is 3.00. The molecule has 0 heterocycles. The Hall–Kier alpha value is -1.89. The molecule has 5 N–H and O–H groups in total. The molecule has 0 saturated heterocycles. The zero-order chi connectivity index (χ0) is 14.6. The number of allylic oxidation sites excluding steroid dienone is 1. The van der Waals surface area contributed by atoms with Gasteiger partial charge in [-0.2, -0.15) is 0 Å². The third-order valence-electron chi connectivity index (χ3n) is 3.08. The van der Waals surface area contributed by atoms with Crippen LogP contribution in [0.2, 0.25) is 0 Å². The van der Waals surface area contributed by atoms with Crippen molar-refractivity contribution in [2.24, 2.45) is 11.7 Å². The van der Waals surface area contributed by atoms with Gasteiger partial charge in [-0.25, -0.2) is 4.79 Å². The Labute approximate surface area is 110 Å². The first-order valence-electron chi connectivity index (χ1n) is 5.99. The van der Waals surface area contributed by atoms with Gasteiger partial charge >= 0.3 is 11.9 Å². The van der Waals surface area contributed by atoms with Crippen molar-refractivity contribution in [3.8, 4) is 0 Å². The van der Waals surface area contributed by atoms with Crippen LogP contribution in [0.1, 0.15) is 25.7 Å². The normalized spacial score (nSPS) is 20.5. The van der Waals surface area contributed by atoms with Crippen LogP contribution >= 0.6 is 0 Å². The molecule has 1 fully saturated rings. The third kappa shape index (κ3) is 5.09. The van der Waals surface area contributed by atoms with Gasteiger partial charge in [-0.1, -0.05) is 12.2 Å². The van der Waals surface area contributed by atoms with Crippen LogP contribution in [0.4, 0.5) is 0 Å². The molecule has 106 valence electrons. The minimum atomic E-state index is -1.18. The lowest BCUT2D eigenvalue weighted by Gasteiger charge is -2.14. The average molecular weight is 270 g/mol. The smallest absolute Gasteiger partial charge is 0.326 e. The van der Waals surface area contributed by atoms with Crippen molar-refractivity contribution in [2.45, 2.75) is 37.8 Å². The van der Waals surface area contributed by atoms with E-state index in [-0.39, 0.29) is 18.8 Å². The number of hydrogen-bond donors (Lipinski definition) is 4. The number of carboxylic acid groups (broad SMARTS) is 2. The van der Waals surface area contributed by atoms with Crippen LogP contribution in [0.5, 0.6) is 0 Å². The number of carbonyl (C=O) groups excluding carboxylic acids is 1. The van der Waals surface area contributed by atoms with Crippen LogP contribution in [0.15, 0.2) is 12.2 Å². The molecule has 19 heavy (non-hydrogen) atoms. The highest BCUT2D eigenvalue weighted by molar-refractivity contribution is 5.84. The zero-order valence-corrected chi connectivity index (χ0v) is 10.5. The van der Waals surface area contributed by atoms with E-state index in [4.69, 9.17) is 15.9 Å². The second kappa shape index (κ2) is 6.33. The van der Waals surface area contributed by atoms with Crippen molar-refractivity contribution in [2.75, 3.05) is 0 Å². The summed E-state index contributed by atoms with van der Waals surface area (Å²) in [7, 11) is 0. The first-order valence-corrected chi connectivity index (χ1v) is 5.99. The molecule has 7 heteroatoms. The molecule has 0 aromatic rings. The summed E-state index contributed by atoms with van der Waals surface area (Å²) in [5.41, 5.74) is 6.25. The summed E-state index contributed by atoms with van der Waals surface area (Å²) in [6.07, 6.45) is 0.987. The molecule has 3 atom stereocenters. The Balaban J connectivity index is 2.36. The summed E-state index contributed by atoms with van der Waals surface area (Å²) in [6.45, 7) is 3.73. The van der Waals surface area contributed by atoms with Gasteiger partial charge in [0.05, 0.1) is 0 Å². The Morgan fingerprint density at radius 1 is 1.37 bits per heavy atom. The Morgan fingerprint density at radius 2 is 1.95 bits per heavy atom. The molecule has 1 amide bonds. The van der Waals surface area contributed by atoms with Gasteiger partial charge in [-0.3, -0.25) is 9.59 Å². The predicted molar refractivity (Wildman–Crippen MR) is 66.3 cm³/mol. The predicted octanol–water partition coefficient (Wildman–Crippen LogP) is -0.286. The zero-order valence-electron chi connectivity index (χ0n) is 10.5. The number of hydrogen-bond acceptors (Lipinski definition) is 4. The molecular formula is C12H18N2O5. The minimum Gasteiger partial charge on any atom is -0.480 e. The second-order valence-corrected chi connectivity index (χ2v) is 4.74. The highest BCUT2D eigenvalue weighted by Gasteiger charge is 2.33. The maximum atomic E-state index is 11.5. The second-order valence-electron chi connectivity index (χ2n) is 4.74. The first kappa shape index (κ1) is 15.2. The van der Waals surface area contributed by atoms with E-state index in [1.54, 1.807) is 0 Å². The molecule has 0 spiro atoms. The summed E-state index contributed by atoms with van der Waals surface area (Å²) < 4.78 is 0. The van der Waals surface area contributed by atoms with Gasteiger partial charge < -0.3 is 21.3 Å². The maximum Gasteiger partial charge on any atom is 0.326 e. The fraction of sp³-hybridized carbons (Fsp3) is 0.583. The molecule has 0 aromatic carbocycles. The van der Waals surface area contributed by atoms with Gasteiger partial charge in [0.1, 0.15) is 12.1 Å². The van der Waals surface area contributed by atoms with Crippen LogP contribution in [0.3, 0.4) is 0 Å². The molecule has 1 aliphatic rings. The Kier molecular flexibility index (Phi) is 5.05. The maximum absolute atomic E-state index is 11.5. The fourth-order valence-corrected chi connectivity index (χ4v) is 1.69. The molecule has 0 radical (unpaired) electrons. The van der Waals surface area contributed by atoms with Crippen molar-refractivity contribution in [1.29, 1.82) is 0 Å². The van der Waals surface area contributed by atoms with E-state index in [1.807, 2.05) is 0 Å². The molecule has 1 saturated carbocycles. The number of nitrogens with one attached hydrogen (secondary N) is 1. The highest BCUT2D eigenvalue weighted by Crippen LogP contribution is 2.39. The van der Waals surface area contributed by atoms with Crippen LogP contribution in [0, 0.1) is 5.92 Å². The molecule has 0 bridgehead atoms.